The molecule has 12 heavy (non-hydrogen) atoms. The fraction of sp³-hybridized carbons (Fsp3) is 0.455. The molecule has 1 heteroatoms. The molecular formula is C11H15N. The summed E-state index contributed by atoms with van der Waals surface area (Å²) in [5.41, 5.74) is 11.4. The van der Waals surface area contributed by atoms with Gasteiger partial charge in [-0.1, -0.05) is 12.1 Å². The summed E-state index contributed by atoms with van der Waals surface area (Å²) in [4.78, 5) is 0. The Labute approximate surface area is 73.6 Å². The maximum Gasteiger partial charge on any atom is 0.000451 e. The third-order valence-electron chi connectivity index (χ3n) is 2.95. The van der Waals surface area contributed by atoms with Crippen LogP contribution in [-0.2, 0) is 6.42 Å². The van der Waals surface area contributed by atoms with E-state index in [1.54, 1.807) is 0 Å². The van der Waals surface area contributed by atoms with Gasteiger partial charge in [0.25, 0.3) is 0 Å². The molecule has 2 rings (SSSR count). The van der Waals surface area contributed by atoms with Crippen molar-refractivity contribution in [3.63, 3.8) is 0 Å². The lowest BCUT2D eigenvalue weighted by atomic mass is 9.76. The number of rotatable bonds is 1. The van der Waals surface area contributed by atoms with Gasteiger partial charge in [-0.3, -0.25) is 0 Å². The van der Waals surface area contributed by atoms with Crippen LogP contribution in [0.15, 0.2) is 12.1 Å². The summed E-state index contributed by atoms with van der Waals surface area (Å²) in [7, 11) is 0. The molecule has 0 radical (unpaired) electrons. The van der Waals surface area contributed by atoms with Crippen molar-refractivity contribution in [2.24, 2.45) is 5.73 Å². The second-order valence-electron chi connectivity index (χ2n) is 3.77. The van der Waals surface area contributed by atoms with Crippen molar-refractivity contribution in [3.05, 3.63) is 34.4 Å². The number of fused-ring (bicyclic) bond motifs is 1. The topological polar surface area (TPSA) is 26.0 Å². The van der Waals surface area contributed by atoms with Crippen LogP contribution in [0.3, 0.4) is 0 Å². The van der Waals surface area contributed by atoms with Gasteiger partial charge in [0.05, 0.1) is 0 Å². The molecule has 1 aliphatic carbocycles. The van der Waals surface area contributed by atoms with Crippen LogP contribution in [0.25, 0.3) is 0 Å². The number of nitrogens with two attached hydrogens (primary N) is 1. The first-order valence-corrected chi connectivity index (χ1v) is 4.52. The molecule has 1 aromatic rings. The predicted molar refractivity (Wildman–Crippen MR) is 51.4 cm³/mol. The summed E-state index contributed by atoms with van der Waals surface area (Å²) in [5.74, 6) is 0.638. The molecule has 1 nitrogen and oxygen atoms in total. The van der Waals surface area contributed by atoms with E-state index in [-0.39, 0.29) is 0 Å². The van der Waals surface area contributed by atoms with Crippen molar-refractivity contribution in [1.29, 1.82) is 0 Å². The van der Waals surface area contributed by atoms with E-state index in [0.717, 1.165) is 6.54 Å². The average Bonchev–Trinajstić information content (AvgIpc) is 2.04. The molecule has 0 fully saturated rings. The first-order chi connectivity index (χ1) is 5.72. The Morgan fingerprint density at radius 2 is 2.00 bits per heavy atom. The minimum absolute atomic E-state index is 0.638. The zero-order valence-electron chi connectivity index (χ0n) is 7.72. The first-order valence-electron chi connectivity index (χ1n) is 4.52. The highest BCUT2D eigenvalue weighted by atomic mass is 14.6. The average molecular weight is 161 g/mol. The summed E-state index contributed by atoms with van der Waals surface area (Å²) in [6, 6.07) is 4.60. The van der Waals surface area contributed by atoms with Crippen LogP contribution in [0, 0.1) is 13.8 Å². The van der Waals surface area contributed by atoms with Gasteiger partial charge in [0.15, 0.2) is 0 Å². The van der Waals surface area contributed by atoms with Crippen molar-refractivity contribution in [3.8, 4) is 0 Å². The molecule has 0 amide bonds. The Morgan fingerprint density at radius 1 is 1.33 bits per heavy atom. The Balaban J connectivity index is 2.42. The summed E-state index contributed by atoms with van der Waals surface area (Å²) in [6.45, 7) is 5.14. The highest BCUT2D eigenvalue weighted by Crippen LogP contribution is 2.35. The van der Waals surface area contributed by atoms with Crippen LogP contribution >= 0.6 is 0 Å². The van der Waals surface area contributed by atoms with Gasteiger partial charge in [0, 0.05) is 5.92 Å². The van der Waals surface area contributed by atoms with E-state index in [1.807, 2.05) is 0 Å². The molecule has 0 aromatic heterocycles. The fourth-order valence-corrected chi connectivity index (χ4v) is 1.91. The van der Waals surface area contributed by atoms with Gasteiger partial charge < -0.3 is 5.73 Å². The minimum Gasteiger partial charge on any atom is -0.330 e. The van der Waals surface area contributed by atoms with E-state index in [4.69, 9.17) is 5.73 Å². The quantitative estimate of drug-likeness (QED) is 0.669. The maximum atomic E-state index is 5.64. The summed E-state index contributed by atoms with van der Waals surface area (Å²) in [5, 5.41) is 0. The maximum absolute atomic E-state index is 5.64. The Morgan fingerprint density at radius 3 is 2.67 bits per heavy atom. The third kappa shape index (κ3) is 0.969. The van der Waals surface area contributed by atoms with Crippen LogP contribution in [0.2, 0.25) is 0 Å². The van der Waals surface area contributed by atoms with Crippen LogP contribution in [0.4, 0.5) is 0 Å². The Kier molecular flexibility index (Phi) is 1.69. The standard InChI is InChI=1S/C11H15N/c1-7-3-9-5-10(6-12)11(9)4-8(7)2/h3-4,10H,5-6,12H2,1-2H3. The van der Waals surface area contributed by atoms with E-state index in [0.29, 0.717) is 5.92 Å². The molecule has 0 saturated heterocycles. The predicted octanol–water partition coefficient (Wildman–Crippen LogP) is 1.90. The highest BCUT2D eigenvalue weighted by Gasteiger charge is 2.24. The number of hydrogen-bond acceptors (Lipinski definition) is 1. The van der Waals surface area contributed by atoms with E-state index in [2.05, 4.69) is 26.0 Å². The zero-order chi connectivity index (χ0) is 8.72. The number of aryl methyl sites for hydroxylation is 2. The Hall–Kier alpha value is -0.820. The second-order valence-corrected chi connectivity index (χ2v) is 3.77. The molecule has 2 N–H and O–H groups in total. The third-order valence-corrected chi connectivity index (χ3v) is 2.95. The van der Waals surface area contributed by atoms with Gasteiger partial charge in [0.2, 0.25) is 0 Å². The summed E-state index contributed by atoms with van der Waals surface area (Å²) >= 11 is 0. The molecule has 0 heterocycles. The molecular weight excluding hydrogens is 146 g/mol. The van der Waals surface area contributed by atoms with Gasteiger partial charge >= 0.3 is 0 Å². The summed E-state index contributed by atoms with van der Waals surface area (Å²) in [6.07, 6.45) is 1.19. The van der Waals surface area contributed by atoms with Crippen molar-refractivity contribution >= 4 is 0 Å². The second kappa shape index (κ2) is 2.60. The van der Waals surface area contributed by atoms with Gasteiger partial charge in [-0.25, -0.2) is 0 Å². The monoisotopic (exact) mass is 161 g/mol. The summed E-state index contributed by atoms with van der Waals surface area (Å²) < 4.78 is 0. The molecule has 1 atom stereocenters. The lowest BCUT2D eigenvalue weighted by molar-refractivity contribution is 0.616. The van der Waals surface area contributed by atoms with Crippen LogP contribution in [-0.4, -0.2) is 6.54 Å². The molecule has 0 spiro atoms. The van der Waals surface area contributed by atoms with Crippen molar-refractivity contribution in [1.82, 2.24) is 0 Å². The molecule has 1 aromatic carbocycles. The molecule has 0 bridgehead atoms. The van der Waals surface area contributed by atoms with E-state index in [1.165, 1.54) is 28.7 Å². The van der Waals surface area contributed by atoms with Gasteiger partial charge in [-0.2, -0.15) is 0 Å². The fourth-order valence-electron chi connectivity index (χ4n) is 1.91. The van der Waals surface area contributed by atoms with Crippen LogP contribution in [0.1, 0.15) is 28.2 Å². The van der Waals surface area contributed by atoms with Crippen molar-refractivity contribution in [2.75, 3.05) is 6.54 Å². The SMILES string of the molecule is Cc1cc2c(cc1C)C(CN)C2. The van der Waals surface area contributed by atoms with Gasteiger partial charge in [0.1, 0.15) is 0 Å². The lowest BCUT2D eigenvalue weighted by Gasteiger charge is -2.30. The van der Waals surface area contributed by atoms with Crippen molar-refractivity contribution in [2.45, 2.75) is 26.2 Å². The molecule has 1 aliphatic rings. The minimum atomic E-state index is 0.638. The number of hydrogen-bond donors (Lipinski definition) is 1. The Bertz CT molecular complexity index is 315. The van der Waals surface area contributed by atoms with E-state index >= 15 is 0 Å². The smallest absolute Gasteiger partial charge is 0.000451 e. The van der Waals surface area contributed by atoms with Gasteiger partial charge in [-0.05, 0) is 49.1 Å². The molecule has 0 saturated carbocycles. The normalized spacial score (nSPS) is 20.1. The van der Waals surface area contributed by atoms with Crippen LogP contribution < -0.4 is 5.73 Å². The van der Waals surface area contributed by atoms with E-state index in [9.17, 15) is 0 Å². The zero-order valence-corrected chi connectivity index (χ0v) is 7.72. The lowest BCUT2D eigenvalue weighted by Crippen LogP contribution is -2.25. The first kappa shape index (κ1) is 7.81. The van der Waals surface area contributed by atoms with Crippen molar-refractivity contribution < 1.29 is 0 Å². The van der Waals surface area contributed by atoms with Crippen LogP contribution in [0.5, 0.6) is 0 Å². The molecule has 64 valence electrons. The highest BCUT2D eigenvalue weighted by molar-refractivity contribution is 5.46. The molecule has 0 aliphatic heterocycles. The van der Waals surface area contributed by atoms with Gasteiger partial charge in [-0.15, -0.1) is 0 Å². The largest absolute Gasteiger partial charge is 0.330 e. The van der Waals surface area contributed by atoms with E-state index < -0.39 is 0 Å². The molecule has 1 unspecified atom stereocenters. The number of benzene rings is 1.